The lowest BCUT2D eigenvalue weighted by atomic mass is 10.0. The highest BCUT2D eigenvalue weighted by Gasteiger charge is 2.17. The first-order valence-corrected chi connectivity index (χ1v) is 8.59. The summed E-state index contributed by atoms with van der Waals surface area (Å²) >= 11 is 0. The summed E-state index contributed by atoms with van der Waals surface area (Å²) in [7, 11) is 0. The van der Waals surface area contributed by atoms with Gasteiger partial charge in [0, 0.05) is 18.5 Å². The number of aryl methyl sites for hydroxylation is 1. The van der Waals surface area contributed by atoms with Gasteiger partial charge in [0.1, 0.15) is 11.4 Å². The van der Waals surface area contributed by atoms with Crippen LogP contribution in [0.4, 0.5) is 0 Å². The molecule has 1 atom stereocenters. The van der Waals surface area contributed by atoms with Gasteiger partial charge in [0.15, 0.2) is 0 Å². The van der Waals surface area contributed by atoms with E-state index in [2.05, 4.69) is 16.7 Å². The third-order valence-corrected chi connectivity index (χ3v) is 4.06. The number of ether oxygens (including phenoxy) is 1. The van der Waals surface area contributed by atoms with Crippen molar-refractivity contribution in [2.75, 3.05) is 13.1 Å². The van der Waals surface area contributed by atoms with E-state index < -0.39 is 0 Å². The van der Waals surface area contributed by atoms with E-state index in [4.69, 9.17) is 4.74 Å². The standard InChI is InChI=1S/C19H30N2O2/c1-14-5-7-16(17(11-14)23-19(2,3)4)13-21-18(22)8-6-15-9-10-20-12-15/h5,7,11,15,20H,6,8-10,12-13H2,1-4H3,(H,21,22). The van der Waals surface area contributed by atoms with E-state index in [9.17, 15) is 4.79 Å². The van der Waals surface area contributed by atoms with Gasteiger partial charge in [0.25, 0.3) is 0 Å². The van der Waals surface area contributed by atoms with Crippen LogP contribution < -0.4 is 15.4 Å². The van der Waals surface area contributed by atoms with E-state index in [1.54, 1.807) is 0 Å². The van der Waals surface area contributed by atoms with Crippen molar-refractivity contribution in [1.29, 1.82) is 0 Å². The molecule has 1 aliphatic heterocycles. The van der Waals surface area contributed by atoms with Gasteiger partial charge in [0.05, 0.1) is 0 Å². The maximum absolute atomic E-state index is 12.1. The van der Waals surface area contributed by atoms with E-state index in [1.165, 1.54) is 6.42 Å². The van der Waals surface area contributed by atoms with Crippen molar-refractivity contribution in [2.24, 2.45) is 5.92 Å². The topological polar surface area (TPSA) is 50.4 Å². The first kappa shape index (κ1) is 17.8. The fraction of sp³-hybridized carbons (Fsp3) is 0.632. The molecule has 1 saturated heterocycles. The molecular formula is C19H30N2O2. The van der Waals surface area contributed by atoms with Gasteiger partial charge in [-0.3, -0.25) is 4.79 Å². The van der Waals surface area contributed by atoms with Gasteiger partial charge >= 0.3 is 0 Å². The Morgan fingerprint density at radius 2 is 2.17 bits per heavy atom. The smallest absolute Gasteiger partial charge is 0.220 e. The third kappa shape index (κ3) is 6.22. The van der Waals surface area contributed by atoms with Gasteiger partial charge in [-0.05, 0) is 71.2 Å². The van der Waals surface area contributed by atoms with Crippen LogP contribution in [0, 0.1) is 12.8 Å². The Bertz CT molecular complexity index is 529. The summed E-state index contributed by atoms with van der Waals surface area (Å²) < 4.78 is 6.03. The molecule has 0 bridgehead atoms. The Kier molecular flexibility index (Phi) is 6.05. The van der Waals surface area contributed by atoms with Crippen LogP contribution in [0.15, 0.2) is 18.2 Å². The van der Waals surface area contributed by atoms with Crippen LogP contribution in [0.3, 0.4) is 0 Å². The van der Waals surface area contributed by atoms with E-state index in [1.807, 2.05) is 39.8 Å². The number of rotatable bonds is 6. The molecule has 0 aliphatic carbocycles. The Labute approximate surface area is 140 Å². The summed E-state index contributed by atoms with van der Waals surface area (Å²) in [5.41, 5.74) is 1.94. The van der Waals surface area contributed by atoms with Crippen LogP contribution >= 0.6 is 0 Å². The summed E-state index contributed by atoms with van der Waals surface area (Å²) in [6, 6.07) is 6.13. The minimum atomic E-state index is -0.248. The molecule has 0 radical (unpaired) electrons. The lowest BCUT2D eigenvalue weighted by molar-refractivity contribution is -0.121. The molecule has 1 amide bonds. The van der Waals surface area contributed by atoms with Crippen molar-refractivity contribution in [3.8, 4) is 5.75 Å². The monoisotopic (exact) mass is 318 g/mol. The zero-order valence-corrected chi connectivity index (χ0v) is 14.9. The maximum Gasteiger partial charge on any atom is 0.220 e. The Morgan fingerprint density at radius 1 is 1.39 bits per heavy atom. The van der Waals surface area contributed by atoms with Gasteiger partial charge in [-0.1, -0.05) is 12.1 Å². The van der Waals surface area contributed by atoms with Crippen LogP contribution in [0.5, 0.6) is 5.75 Å². The van der Waals surface area contributed by atoms with Crippen LogP contribution in [0.2, 0.25) is 0 Å². The molecule has 1 aliphatic rings. The Balaban J connectivity index is 1.87. The Hall–Kier alpha value is -1.55. The fourth-order valence-corrected chi connectivity index (χ4v) is 2.81. The number of carbonyl (C=O) groups excluding carboxylic acids is 1. The second-order valence-electron chi connectivity index (χ2n) is 7.50. The number of hydrogen-bond acceptors (Lipinski definition) is 3. The number of benzene rings is 1. The zero-order chi connectivity index (χ0) is 16.9. The lowest BCUT2D eigenvalue weighted by Crippen LogP contribution is -2.26. The summed E-state index contributed by atoms with van der Waals surface area (Å²) in [5, 5.41) is 6.37. The maximum atomic E-state index is 12.1. The molecule has 2 rings (SSSR count). The average Bonchev–Trinajstić information content (AvgIpc) is 2.96. The van der Waals surface area contributed by atoms with Gasteiger partial charge in [-0.15, -0.1) is 0 Å². The molecular weight excluding hydrogens is 288 g/mol. The highest BCUT2D eigenvalue weighted by Crippen LogP contribution is 2.24. The minimum absolute atomic E-state index is 0.124. The molecule has 2 N–H and O–H groups in total. The SMILES string of the molecule is Cc1ccc(CNC(=O)CCC2CCNC2)c(OC(C)(C)C)c1. The van der Waals surface area contributed by atoms with Crippen molar-refractivity contribution in [2.45, 2.75) is 59.1 Å². The molecule has 1 aromatic rings. The Morgan fingerprint density at radius 3 is 2.83 bits per heavy atom. The fourth-order valence-electron chi connectivity index (χ4n) is 2.81. The summed E-state index contributed by atoms with van der Waals surface area (Å²) in [5.74, 6) is 1.64. The van der Waals surface area contributed by atoms with E-state index in [-0.39, 0.29) is 11.5 Å². The van der Waals surface area contributed by atoms with Crippen molar-refractivity contribution in [1.82, 2.24) is 10.6 Å². The molecule has 0 aromatic heterocycles. The van der Waals surface area contributed by atoms with Crippen molar-refractivity contribution in [3.05, 3.63) is 29.3 Å². The second-order valence-corrected chi connectivity index (χ2v) is 7.50. The average molecular weight is 318 g/mol. The van der Waals surface area contributed by atoms with E-state index in [0.29, 0.717) is 18.9 Å². The molecule has 1 unspecified atom stereocenters. The van der Waals surface area contributed by atoms with Crippen LogP contribution in [-0.4, -0.2) is 24.6 Å². The van der Waals surface area contributed by atoms with E-state index in [0.717, 1.165) is 36.4 Å². The normalized spacial score (nSPS) is 18.0. The predicted octanol–water partition coefficient (Wildman–Crippen LogP) is 3.18. The van der Waals surface area contributed by atoms with E-state index >= 15 is 0 Å². The minimum Gasteiger partial charge on any atom is -0.488 e. The predicted molar refractivity (Wildman–Crippen MR) is 93.6 cm³/mol. The molecule has 23 heavy (non-hydrogen) atoms. The molecule has 1 heterocycles. The van der Waals surface area contributed by atoms with Crippen molar-refractivity contribution in [3.63, 3.8) is 0 Å². The van der Waals surface area contributed by atoms with Gasteiger partial charge in [-0.2, -0.15) is 0 Å². The first-order valence-electron chi connectivity index (χ1n) is 8.59. The summed E-state index contributed by atoms with van der Waals surface area (Å²) in [4.78, 5) is 12.1. The highest BCUT2D eigenvalue weighted by molar-refractivity contribution is 5.75. The summed E-state index contributed by atoms with van der Waals surface area (Å²) in [6.45, 7) is 10.8. The molecule has 4 heteroatoms. The van der Waals surface area contributed by atoms with Crippen LogP contribution in [-0.2, 0) is 11.3 Å². The number of carbonyl (C=O) groups is 1. The van der Waals surface area contributed by atoms with Gasteiger partial charge in [-0.25, -0.2) is 0 Å². The number of amides is 1. The van der Waals surface area contributed by atoms with Gasteiger partial charge < -0.3 is 15.4 Å². The molecule has 1 fully saturated rings. The highest BCUT2D eigenvalue weighted by atomic mass is 16.5. The summed E-state index contributed by atoms with van der Waals surface area (Å²) in [6.07, 6.45) is 2.76. The molecule has 1 aromatic carbocycles. The second kappa shape index (κ2) is 7.82. The van der Waals surface area contributed by atoms with Crippen molar-refractivity contribution < 1.29 is 9.53 Å². The first-order chi connectivity index (χ1) is 10.8. The number of nitrogens with one attached hydrogen (secondary N) is 2. The lowest BCUT2D eigenvalue weighted by Gasteiger charge is -2.24. The molecule has 128 valence electrons. The van der Waals surface area contributed by atoms with Crippen LogP contribution in [0.25, 0.3) is 0 Å². The zero-order valence-electron chi connectivity index (χ0n) is 14.9. The van der Waals surface area contributed by atoms with Crippen molar-refractivity contribution >= 4 is 5.91 Å². The third-order valence-electron chi connectivity index (χ3n) is 4.06. The number of hydrogen-bond donors (Lipinski definition) is 2. The van der Waals surface area contributed by atoms with Crippen LogP contribution in [0.1, 0.15) is 51.2 Å². The molecule has 0 saturated carbocycles. The molecule has 4 nitrogen and oxygen atoms in total. The molecule has 0 spiro atoms. The quantitative estimate of drug-likeness (QED) is 0.847. The largest absolute Gasteiger partial charge is 0.488 e. The van der Waals surface area contributed by atoms with Gasteiger partial charge in [0.2, 0.25) is 5.91 Å².